The van der Waals surface area contributed by atoms with Gasteiger partial charge in [-0.15, -0.1) is 0 Å². The van der Waals surface area contributed by atoms with Gasteiger partial charge in [0.1, 0.15) is 5.82 Å². The van der Waals surface area contributed by atoms with Gasteiger partial charge in [-0.2, -0.15) is 0 Å². The van der Waals surface area contributed by atoms with Crippen LogP contribution < -0.4 is 16.0 Å². The van der Waals surface area contributed by atoms with Crippen LogP contribution in [0.4, 0.5) is 5.82 Å². The zero-order valence-corrected chi connectivity index (χ0v) is 19.7. The predicted octanol–water partition coefficient (Wildman–Crippen LogP) is 3.06. The van der Waals surface area contributed by atoms with Gasteiger partial charge >= 0.3 is 0 Å². The van der Waals surface area contributed by atoms with Crippen molar-refractivity contribution < 1.29 is 4.79 Å². The summed E-state index contributed by atoms with van der Waals surface area (Å²) in [6.07, 6.45) is 7.80. The Morgan fingerprint density at radius 3 is 2.74 bits per heavy atom. The van der Waals surface area contributed by atoms with Gasteiger partial charge in [-0.25, -0.2) is 4.98 Å². The van der Waals surface area contributed by atoms with Crippen molar-refractivity contribution in [3.63, 3.8) is 0 Å². The third-order valence-electron chi connectivity index (χ3n) is 5.80. The molecule has 4 rings (SSSR count). The van der Waals surface area contributed by atoms with Crippen LogP contribution in [0.3, 0.4) is 0 Å². The maximum absolute atomic E-state index is 12.6. The number of nitrogens with one attached hydrogen (secondary N) is 1. The van der Waals surface area contributed by atoms with E-state index in [9.17, 15) is 4.79 Å². The van der Waals surface area contributed by atoms with Gasteiger partial charge < -0.3 is 16.0 Å². The minimum absolute atomic E-state index is 0.167. The molecule has 0 saturated heterocycles. The average molecular weight is 456 g/mol. The molecule has 3 aromatic heterocycles. The molecule has 0 atom stereocenters. The first-order valence-electron chi connectivity index (χ1n) is 11.2. The van der Waals surface area contributed by atoms with Crippen molar-refractivity contribution in [1.29, 1.82) is 0 Å². The summed E-state index contributed by atoms with van der Waals surface area (Å²) in [5, 5.41) is 2.90. The van der Waals surface area contributed by atoms with Crippen molar-refractivity contribution in [3.05, 3.63) is 88.3 Å². The van der Waals surface area contributed by atoms with E-state index in [1.165, 1.54) is 0 Å². The molecular formula is C26H29N7O. The number of nitrogens with two attached hydrogens (primary N) is 1. The molecule has 0 fully saturated rings. The van der Waals surface area contributed by atoms with E-state index in [2.05, 4.69) is 36.2 Å². The number of aryl methyl sites for hydroxylation is 1. The number of hydrogen-bond acceptors (Lipinski definition) is 7. The van der Waals surface area contributed by atoms with Gasteiger partial charge in [-0.3, -0.25) is 19.8 Å². The zero-order valence-electron chi connectivity index (χ0n) is 19.7. The number of fused-ring (bicyclic) bond motifs is 1. The normalized spacial score (nSPS) is 14.0. The second-order valence-corrected chi connectivity index (χ2v) is 8.35. The van der Waals surface area contributed by atoms with Crippen molar-refractivity contribution in [2.45, 2.75) is 33.4 Å². The van der Waals surface area contributed by atoms with Crippen molar-refractivity contribution in [2.75, 3.05) is 18.5 Å². The first-order chi connectivity index (χ1) is 16.5. The van der Waals surface area contributed by atoms with Crippen molar-refractivity contribution >= 4 is 23.5 Å². The van der Waals surface area contributed by atoms with E-state index in [0.717, 1.165) is 52.4 Å². The van der Waals surface area contributed by atoms with E-state index in [4.69, 9.17) is 5.73 Å². The zero-order chi connectivity index (χ0) is 24.1. The molecule has 1 aliphatic rings. The highest BCUT2D eigenvalue weighted by Crippen LogP contribution is 2.27. The minimum Gasteiger partial charge on any atom is -0.402 e. The fourth-order valence-electron chi connectivity index (χ4n) is 4.09. The Labute approximate surface area is 199 Å². The number of aliphatic imine (C=N–C) groups is 1. The molecule has 0 spiro atoms. The fourth-order valence-corrected chi connectivity index (χ4v) is 4.09. The molecule has 0 bridgehead atoms. The Bertz CT molecular complexity index is 1250. The van der Waals surface area contributed by atoms with Gasteiger partial charge in [-0.05, 0) is 49.2 Å². The van der Waals surface area contributed by atoms with Crippen LogP contribution in [0.15, 0.2) is 59.6 Å². The molecule has 1 amide bonds. The van der Waals surface area contributed by atoms with Gasteiger partial charge in [0.15, 0.2) is 0 Å². The average Bonchev–Trinajstić information content (AvgIpc) is 2.85. The quantitative estimate of drug-likeness (QED) is 0.553. The van der Waals surface area contributed by atoms with Crippen LogP contribution in [0.2, 0.25) is 0 Å². The van der Waals surface area contributed by atoms with Crippen LogP contribution in [0.25, 0.3) is 5.57 Å². The molecule has 3 aromatic rings. The van der Waals surface area contributed by atoms with Crippen LogP contribution >= 0.6 is 0 Å². The summed E-state index contributed by atoms with van der Waals surface area (Å²) in [7, 11) is 1.73. The second-order valence-electron chi connectivity index (χ2n) is 8.35. The summed E-state index contributed by atoms with van der Waals surface area (Å²) in [6, 6.07) is 9.65. The van der Waals surface area contributed by atoms with Gasteiger partial charge in [0.25, 0.3) is 5.91 Å². The van der Waals surface area contributed by atoms with Crippen LogP contribution in [-0.2, 0) is 19.5 Å². The number of pyridine rings is 3. The lowest BCUT2D eigenvalue weighted by Gasteiger charge is -2.30. The molecular weight excluding hydrogens is 426 g/mol. The molecule has 0 radical (unpaired) electrons. The molecule has 34 heavy (non-hydrogen) atoms. The van der Waals surface area contributed by atoms with E-state index in [1.54, 1.807) is 25.7 Å². The van der Waals surface area contributed by atoms with Crippen LogP contribution in [0.1, 0.15) is 45.4 Å². The Hall–Kier alpha value is -4.07. The molecule has 0 aliphatic carbocycles. The number of rotatable bonds is 6. The third kappa shape index (κ3) is 5.11. The lowest BCUT2D eigenvalue weighted by Crippen LogP contribution is -2.32. The Balaban J connectivity index is 1.50. The molecule has 8 heteroatoms. The van der Waals surface area contributed by atoms with Crippen LogP contribution in [0, 0.1) is 6.92 Å². The number of anilines is 1. The van der Waals surface area contributed by atoms with Gasteiger partial charge in [0, 0.05) is 73.9 Å². The van der Waals surface area contributed by atoms with E-state index in [1.807, 2.05) is 44.3 Å². The van der Waals surface area contributed by atoms with E-state index in [0.29, 0.717) is 24.4 Å². The van der Waals surface area contributed by atoms with Gasteiger partial charge in [-0.1, -0.05) is 6.07 Å². The molecule has 174 valence electrons. The van der Waals surface area contributed by atoms with Gasteiger partial charge in [0.05, 0.1) is 17.8 Å². The number of amides is 1. The lowest BCUT2D eigenvalue weighted by molar-refractivity contribution is 0.0950. The van der Waals surface area contributed by atoms with Gasteiger partial charge in [0.2, 0.25) is 0 Å². The standard InChI is InChI=1S/C26H29N7O/c1-17-10-20(26(34)32-14-22-6-4-5-8-29-22)13-31-25(17)33-9-7-24-21(16-33)11-19(12-30-24)23(15-28-3)18(2)27/h4-6,8,10-13,15H,7,9,14,16,27H2,1-3H3,(H,32,34)/b23-18+,28-15?. The van der Waals surface area contributed by atoms with Crippen LogP contribution in [-0.4, -0.2) is 40.7 Å². The number of allylic oxidation sites excluding steroid dienone is 2. The summed E-state index contributed by atoms with van der Waals surface area (Å²) < 4.78 is 0. The van der Waals surface area contributed by atoms with Crippen molar-refractivity contribution in [1.82, 2.24) is 20.3 Å². The predicted molar refractivity (Wildman–Crippen MR) is 135 cm³/mol. The summed E-state index contributed by atoms with van der Waals surface area (Å²) in [5.41, 5.74) is 13.1. The first-order valence-corrected chi connectivity index (χ1v) is 11.2. The summed E-state index contributed by atoms with van der Waals surface area (Å²) in [4.78, 5) is 32.5. The topological polar surface area (TPSA) is 109 Å². The third-order valence-corrected chi connectivity index (χ3v) is 5.80. The Kier molecular flexibility index (Phi) is 6.96. The Morgan fingerprint density at radius 1 is 1.21 bits per heavy atom. The van der Waals surface area contributed by atoms with E-state index < -0.39 is 0 Å². The maximum atomic E-state index is 12.6. The van der Waals surface area contributed by atoms with Crippen LogP contribution in [0.5, 0.6) is 0 Å². The van der Waals surface area contributed by atoms with E-state index >= 15 is 0 Å². The van der Waals surface area contributed by atoms with Crippen molar-refractivity contribution in [2.24, 2.45) is 10.7 Å². The SMILES string of the molecule is CN=C/C(=C(/C)N)c1cnc2c(c1)CN(c1ncc(C(=O)NCc3ccccn3)cc1C)CC2. The second kappa shape index (κ2) is 10.2. The first kappa shape index (κ1) is 23.1. The maximum Gasteiger partial charge on any atom is 0.253 e. The molecule has 0 saturated carbocycles. The minimum atomic E-state index is -0.167. The highest BCUT2D eigenvalue weighted by Gasteiger charge is 2.21. The highest BCUT2D eigenvalue weighted by atomic mass is 16.1. The summed E-state index contributed by atoms with van der Waals surface area (Å²) in [5.74, 6) is 0.706. The fraction of sp³-hybridized carbons (Fsp3) is 0.269. The molecule has 1 aliphatic heterocycles. The molecule has 0 unspecified atom stereocenters. The largest absolute Gasteiger partial charge is 0.402 e. The molecule has 0 aromatic carbocycles. The number of hydrogen-bond donors (Lipinski definition) is 2. The summed E-state index contributed by atoms with van der Waals surface area (Å²) in [6.45, 7) is 5.73. The monoisotopic (exact) mass is 455 g/mol. The summed E-state index contributed by atoms with van der Waals surface area (Å²) >= 11 is 0. The molecule has 8 nitrogen and oxygen atoms in total. The number of carbonyl (C=O) groups is 1. The molecule has 4 heterocycles. The number of aromatic nitrogens is 3. The smallest absolute Gasteiger partial charge is 0.253 e. The van der Waals surface area contributed by atoms with E-state index in [-0.39, 0.29) is 5.91 Å². The number of carbonyl (C=O) groups excluding carboxylic acids is 1. The van der Waals surface area contributed by atoms with Crippen molar-refractivity contribution in [3.8, 4) is 0 Å². The number of nitrogens with zero attached hydrogens (tertiary/aromatic N) is 5. The lowest BCUT2D eigenvalue weighted by atomic mass is 9.99. The molecule has 3 N–H and O–H groups in total. The Morgan fingerprint density at radius 2 is 2.03 bits per heavy atom. The highest BCUT2D eigenvalue weighted by molar-refractivity contribution is 6.10.